The summed E-state index contributed by atoms with van der Waals surface area (Å²) in [7, 11) is 0. The predicted molar refractivity (Wildman–Crippen MR) is 94.0 cm³/mol. The molecule has 22 heavy (non-hydrogen) atoms. The summed E-state index contributed by atoms with van der Waals surface area (Å²) in [5.74, 6) is -0.209. The Morgan fingerprint density at radius 3 is 3.00 bits per heavy atom. The third-order valence-corrected chi connectivity index (χ3v) is 4.30. The fraction of sp³-hybridized carbons (Fsp3) is 0.467. The molecule has 1 aliphatic heterocycles. The molecule has 0 unspecified atom stereocenters. The average molecular weight is 339 g/mol. The predicted octanol–water partition coefficient (Wildman–Crippen LogP) is 1.47. The SMILES string of the molecule is O=C(/C=C/c1cccs1)NC(=S)NCCCN1CCOCC1. The lowest BCUT2D eigenvalue weighted by Crippen LogP contribution is -2.41. The van der Waals surface area contributed by atoms with E-state index in [1.165, 1.54) is 6.08 Å². The standard InChI is InChI=1S/C15H21N3O2S2/c19-14(5-4-13-3-1-12-22-13)17-15(21)16-6-2-7-18-8-10-20-11-9-18/h1,3-5,12H,2,6-11H2,(H2,16,17,19,21)/b5-4+. The van der Waals surface area contributed by atoms with Crippen LogP contribution in [0, 0.1) is 0 Å². The Morgan fingerprint density at radius 1 is 1.45 bits per heavy atom. The highest BCUT2D eigenvalue weighted by atomic mass is 32.1. The molecule has 0 bridgehead atoms. The van der Waals surface area contributed by atoms with Gasteiger partial charge in [0.05, 0.1) is 13.2 Å². The van der Waals surface area contributed by atoms with Crippen LogP contribution in [0.15, 0.2) is 23.6 Å². The Bertz CT molecular complexity index is 497. The molecule has 5 nitrogen and oxygen atoms in total. The number of ether oxygens (including phenoxy) is 1. The van der Waals surface area contributed by atoms with Crippen LogP contribution in [-0.2, 0) is 9.53 Å². The topological polar surface area (TPSA) is 53.6 Å². The van der Waals surface area contributed by atoms with E-state index in [9.17, 15) is 4.79 Å². The monoisotopic (exact) mass is 339 g/mol. The molecule has 0 aromatic carbocycles. The summed E-state index contributed by atoms with van der Waals surface area (Å²) >= 11 is 6.69. The molecule has 1 aliphatic rings. The number of morpholine rings is 1. The summed E-state index contributed by atoms with van der Waals surface area (Å²) in [5, 5.41) is 8.05. The Balaban J connectivity index is 1.56. The van der Waals surface area contributed by atoms with E-state index >= 15 is 0 Å². The van der Waals surface area contributed by atoms with Gasteiger partial charge in [-0.2, -0.15) is 0 Å². The molecule has 1 aromatic heterocycles. The molecular formula is C15H21N3O2S2. The summed E-state index contributed by atoms with van der Waals surface area (Å²) in [5.41, 5.74) is 0. The number of carbonyl (C=O) groups excluding carboxylic acids is 1. The lowest BCUT2D eigenvalue weighted by Gasteiger charge is -2.26. The molecule has 0 spiro atoms. The lowest BCUT2D eigenvalue weighted by molar-refractivity contribution is -0.115. The van der Waals surface area contributed by atoms with Gasteiger partial charge in [-0.05, 0) is 42.7 Å². The van der Waals surface area contributed by atoms with Gasteiger partial charge >= 0.3 is 0 Å². The zero-order chi connectivity index (χ0) is 15.6. The van der Waals surface area contributed by atoms with Gasteiger partial charge in [-0.3, -0.25) is 15.0 Å². The molecule has 1 amide bonds. The summed E-state index contributed by atoms with van der Waals surface area (Å²) in [6.07, 6.45) is 4.26. The van der Waals surface area contributed by atoms with Crippen LogP contribution in [-0.4, -0.2) is 55.3 Å². The molecule has 2 rings (SSSR count). The average Bonchev–Trinajstić information content (AvgIpc) is 3.04. The minimum Gasteiger partial charge on any atom is -0.379 e. The van der Waals surface area contributed by atoms with Gasteiger partial charge in [-0.25, -0.2) is 0 Å². The molecule has 0 aliphatic carbocycles. The minimum atomic E-state index is -0.209. The van der Waals surface area contributed by atoms with Gasteiger partial charge in [0, 0.05) is 30.6 Å². The van der Waals surface area contributed by atoms with E-state index < -0.39 is 0 Å². The number of nitrogens with zero attached hydrogens (tertiary/aromatic N) is 1. The van der Waals surface area contributed by atoms with Crippen molar-refractivity contribution in [3.63, 3.8) is 0 Å². The van der Waals surface area contributed by atoms with Crippen molar-refractivity contribution < 1.29 is 9.53 Å². The van der Waals surface area contributed by atoms with Crippen LogP contribution in [0.1, 0.15) is 11.3 Å². The highest BCUT2D eigenvalue weighted by Crippen LogP contribution is 2.09. The van der Waals surface area contributed by atoms with Crippen LogP contribution in [0.2, 0.25) is 0 Å². The third-order valence-electron chi connectivity index (χ3n) is 3.22. The maximum absolute atomic E-state index is 11.7. The maximum atomic E-state index is 11.7. The van der Waals surface area contributed by atoms with Crippen LogP contribution in [0.5, 0.6) is 0 Å². The van der Waals surface area contributed by atoms with Gasteiger partial charge in [0.15, 0.2) is 5.11 Å². The number of rotatable bonds is 6. The Hall–Kier alpha value is -1.28. The first-order valence-corrected chi connectivity index (χ1v) is 8.63. The van der Waals surface area contributed by atoms with Gasteiger partial charge in [-0.15, -0.1) is 11.3 Å². The van der Waals surface area contributed by atoms with Crippen molar-refractivity contribution in [2.24, 2.45) is 0 Å². The van der Waals surface area contributed by atoms with Gasteiger partial charge in [0.25, 0.3) is 0 Å². The smallest absolute Gasteiger partial charge is 0.250 e. The fourth-order valence-corrected chi connectivity index (χ4v) is 2.89. The molecule has 0 atom stereocenters. The van der Waals surface area contributed by atoms with Gasteiger partial charge in [-0.1, -0.05) is 6.07 Å². The lowest BCUT2D eigenvalue weighted by atomic mass is 10.3. The summed E-state index contributed by atoms with van der Waals surface area (Å²) < 4.78 is 5.31. The van der Waals surface area contributed by atoms with Crippen LogP contribution in [0.25, 0.3) is 6.08 Å². The van der Waals surface area contributed by atoms with Gasteiger partial charge in [0.1, 0.15) is 0 Å². The van der Waals surface area contributed by atoms with Crippen molar-refractivity contribution >= 4 is 40.7 Å². The highest BCUT2D eigenvalue weighted by Gasteiger charge is 2.09. The van der Waals surface area contributed by atoms with Crippen molar-refractivity contribution in [1.82, 2.24) is 15.5 Å². The second kappa shape index (κ2) is 9.68. The van der Waals surface area contributed by atoms with E-state index in [1.54, 1.807) is 17.4 Å². The van der Waals surface area contributed by atoms with Crippen LogP contribution < -0.4 is 10.6 Å². The number of thiocarbonyl (C=S) groups is 1. The molecule has 1 fully saturated rings. The van der Waals surface area contributed by atoms with E-state index in [0.29, 0.717) is 5.11 Å². The first kappa shape index (κ1) is 17.1. The Kier molecular flexibility index (Phi) is 7.51. The van der Waals surface area contributed by atoms with Crippen LogP contribution in [0.4, 0.5) is 0 Å². The summed E-state index contributed by atoms with van der Waals surface area (Å²) in [6.45, 7) is 5.40. The van der Waals surface area contributed by atoms with E-state index in [1.807, 2.05) is 17.5 Å². The number of amides is 1. The molecule has 0 radical (unpaired) electrons. The number of carbonyl (C=O) groups is 1. The second-order valence-corrected chi connectivity index (χ2v) is 6.29. The summed E-state index contributed by atoms with van der Waals surface area (Å²) in [6, 6.07) is 3.90. The van der Waals surface area contributed by atoms with Crippen molar-refractivity contribution in [3.8, 4) is 0 Å². The molecule has 1 aromatic rings. The van der Waals surface area contributed by atoms with Crippen molar-refractivity contribution in [2.45, 2.75) is 6.42 Å². The number of hydrogen-bond donors (Lipinski definition) is 2. The normalized spacial score (nSPS) is 15.8. The van der Waals surface area contributed by atoms with Crippen molar-refractivity contribution in [3.05, 3.63) is 28.5 Å². The molecule has 0 saturated carbocycles. The van der Waals surface area contributed by atoms with Crippen molar-refractivity contribution in [2.75, 3.05) is 39.4 Å². The molecule has 2 N–H and O–H groups in total. The maximum Gasteiger partial charge on any atom is 0.250 e. The van der Waals surface area contributed by atoms with Crippen LogP contribution >= 0.6 is 23.6 Å². The van der Waals surface area contributed by atoms with E-state index in [4.69, 9.17) is 17.0 Å². The zero-order valence-corrected chi connectivity index (χ0v) is 14.0. The molecule has 1 saturated heterocycles. The number of hydrogen-bond acceptors (Lipinski definition) is 5. The molecule has 7 heteroatoms. The first-order valence-electron chi connectivity index (χ1n) is 7.34. The number of thiophene rings is 1. The van der Waals surface area contributed by atoms with Gasteiger partial charge in [0.2, 0.25) is 5.91 Å². The molecule has 2 heterocycles. The second-order valence-electron chi connectivity index (χ2n) is 4.90. The van der Waals surface area contributed by atoms with E-state index in [2.05, 4.69) is 15.5 Å². The molecular weight excluding hydrogens is 318 g/mol. The highest BCUT2D eigenvalue weighted by molar-refractivity contribution is 7.80. The van der Waals surface area contributed by atoms with E-state index in [-0.39, 0.29) is 5.91 Å². The minimum absolute atomic E-state index is 0.209. The zero-order valence-electron chi connectivity index (χ0n) is 12.4. The largest absolute Gasteiger partial charge is 0.379 e. The number of nitrogens with one attached hydrogen (secondary N) is 2. The Labute approximate surface area is 140 Å². The van der Waals surface area contributed by atoms with Gasteiger partial charge < -0.3 is 10.1 Å². The summed E-state index contributed by atoms with van der Waals surface area (Å²) in [4.78, 5) is 15.1. The van der Waals surface area contributed by atoms with Crippen LogP contribution in [0.3, 0.4) is 0 Å². The fourth-order valence-electron chi connectivity index (χ4n) is 2.07. The Morgan fingerprint density at radius 2 is 2.27 bits per heavy atom. The first-order chi connectivity index (χ1) is 10.7. The third kappa shape index (κ3) is 6.65. The quantitative estimate of drug-likeness (QED) is 0.467. The van der Waals surface area contributed by atoms with Crippen molar-refractivity contribution in [1.29, 1.82) is 0 Å². The molecule has 120 valence electrons. The van der Waals surface area contributed by atoms with E-state index in [0.717, 1.165) is 50.7 Å².